The van der Waals surface area contributed by atoms with Crippen LogP contribution >= 0.6 is 0 Å². The summed E-state index contributed by atoms with van der Waals surface area (Å²) in [6.07, 6.45) is 4.51. The average Bonchev–Trinajstić information content (AvgIpc) is 2.81. The molecule has 7 heteroatoms. The number of fused-ring (bicyclic) bond motifs is 2. The van der Waals surface area contributed by atoms with Crippen molar-refractivity contribution in [1.82, 2.24) is 14.9 Å². The van der Waals surface area contributed by atoms with Gasteiger partial charge in [0, 0.05) is 54.2 Å². The summed E-state index contributed by atoms with van der Waals surface area (Å²) in [6.45, 7) is 6.52. The minimum atomic E-state index is -0.895. The van der Waals surface area contributed by atoms with Crippen LogP contribution in [-0.2, 0) is 22.5 Å². The predicted octanol–water partition coefficient (Wildman–Crippen LogP) is 3.97. The summed E-state index contributed by atoms with van der Waals surface area (Å²) < 4.78 is 5.78. The highest BCUT2D eigenvalue weighted by Crippen LogP contribution is 2.29. The van der Waals surface area contributed by atoms with E-state index >= 15 is 0 Å². The van der Waals surface area contributed by atoms with Crippen LogP contribution in [0.25, 0.3) is 10.9 Å². The minimum absolute atomic E-state index is 0.355. The number of hydrogen-bond acceptors (Lipinski definition) is 6. The normalized spacial score (nSPS) is 14.6. The van der Waals surface area contributed by atoms with Gasteiger partial charge in [-0.15, -0.1) is 0 Å². The van der Waals surface area contributed by atoms with Crippen molar-refractivity contribution in [3.8, 4) is 0 Å². The Hall–Kier alpha value is -3.32. The summed E-state index contributed by atoms with van der Waals surface area (Å²) in [4.78, 5) is 37.3. The van der Waals surface area contributed by atoms with E-state index in [4.69, 9.17) is 9.72 Å². The molecule has 1 aliphatic rings. The Morgan fingerprint density at radius 3 is 2.69 bits per heavy atom. The quantitative estimate of drug-likeness (QED) is 0.569. The Morgan fingerprint density at radius 1 is 1.16 bits per heavy atom. The monoisotopic (exact) mass is 432 g/mol. The number of amides is 1. The summed E-state index contributed by atoms with van der Waals surface area (Å²) in [5.41, 5.74) is 3.77. The molecule has 0 fully saturated rings. The molecule has 0 saturated heterocycles. The molecule has 0 saturated carbocycles. The second-order valence-corrected chi connectivity index (χ2v) is 7.98. The van der Waals surface area contributed by atoms with Gasteiger partial charge in [0.2, 0.25) is 0 Å². The zero-order valence-corrected chi connectivity index (χ0v) is 18.5. The molecule has 4 rings (SSSR count). The average molecular weight is 433 g/mol. The first-order valence-corrected chi connectivity index (χ1v) is 11.1. The second kappa shape index (κ2) is 9.87. The third-order valence-corrected chi connectivity index (χ3v) is 5.73. The lowest BCUT2D eigenvalue weighted by molar-refractivity contribution is -0.124. The topological polar surface area (TPSA) is 84.4 Å². The molecule has 7 nitrogen and oxygen atoms in total. The molecule has 32 heavy (non-hydrogen) atoms. The Labute approximate surface area is 187 Å². The third kappa shape index (κ3) is 4.62. The van der Waals surface area contributed by atoms with E-state index in [1.807, 2.05) is 31.2 Å². The molecular weight excluding hydrogens is 404 g/mol. The van der Waals surface area contributed by atoms with Crippen LogP contribution in [0.3, 0.4) is 0 Å². The smallest absolute Gasteiger partial charge is 0.340 e. The molecule has 1 atom stereocenters. The number of hydrogen-bond donors (Lipinski definition) is 1. The van der Waals surface area contributed by atoms with Crippen molar-refractivity contribution in [2.75, 3.05) is 18.4 Å². The number of para-hydroxylation sites is 1. The number of pyridine rings is 2. The largest absolute Gasteiger partial charge is 0.449 e. The highest BCUT2D eigenvalue weighted by atomic mass is 16.5. The number of carbonyl (C=O) groups is 2. The van der Waals surface area contributed by atoms with Gasteiger partial charge in [-0.2, -0.15) is 0 Å². The molecule has 2 aromatic heterocycles. The molecule has 166 valence electrons. The lowest BCUT2D eigenvalue weighted by Gasteiger charge is -2.30. The van der Waals surface area contributed by atoms with E-state index in [0.29, 0.717) is 24.2 Å². The van der Waals surface area contributed by atoms with Gasteiger partial charge in [0.05, 0.1) is 11.1 Å². The molecule has 3 heterocycles. The van der Waals surface area contributed by atoms with Crippen molar-refractivity contribution in [3.63, 3.8) is 0 Å². The number of nitrogens with zero attached hydrogens (tertiary/aromatic N) is 3. The zero-order chi connectivity index (χ0) is 22.5. The summed E-state index contributed by atoms with van der Waals surface area (Å²) in [6, 6.07) is 11.0. The van der Waals surface area contributed by atoms with Gasteiger partial charge in [-0.3, -0.25) is 19.7 Å². The van der Waals surface area contributed by atoms with E-state index < -0.39 is 12.1 Å². The van der Waals surface area contributed by atoms with Crippen LogP contribution in [0.2, 0.25) is 0 Å². The number of carbonyl (C=O) groups excluding carboxylic acids is 2. The summed E-state index contributed by atoms with van der Waals surface area (Å²) >= 11 is 0. The summed E-state index contributed by atoms with van der Waals surface area (Å²) in [5, 5.41) is 3.56. The molecule has 3 aromatic rings. The molecule has 0 bridgehead atoms. The number of rotatable bonds is 7. The Balaban J connectivity index is 1.65. The lowest BCUT2D eigenvalue weighted by Crippen LogP contribution is -2.35. The highest BCUT2D eigenvalue weighted by Gasteiger charge is 2.29. The van der Waals surface area contributed by atoms with Gasteiger partial charge in [0.1, 0.15) is 0 Å². The van der Waals surface area contributed by atoms with Crippen molar-refractivity contribution in [3.05, 3.63) is 65.6 Å². The number of esters is 1. The van der Waals surface area contributed by atoms with Gasteiger partial charge >= 0.3 is 5.97 Å². The van der Waals surface area contributed by atoms with Gasteiger partial charge in [0.25, 0.3) is 5.91 Å². The maximum atomic E-state index is 13.5. The molecule has 1 amide bonds. The lowest BCUT2D eigenvalue weighted by atomic mass is 9.95. The molecule has 1 aromatic carbocycles. The number of benzene rings is 1. The standard InChI is InChI=1S/C25H28N4O3/c1-3-14-29-15-11-21-19(16-29)23(18-7-5-6-8-20(18)28-21)25(31)32-22(4-2)24(30)27-17-9-12-26-13-10-17/h5-10,12-13,22H,3-4,11,14-16H2,1-2H3,(H,26,27,30). The van der Waals surface area contributed by atoms with Gasteiger partial charge in [-0.25, -0.2) is 4.79 Å². The molecule has 0 spiro atoms. The van der Waals surface area contributed by atoms with Crippen LogP contribution < -0.4 is 5.32 Å². The molecule has 1 aliphatic heterocycles. The van der Waals surface area contributed by atoms with E-state index in [0.717, 1.165) is 48.1 Å². The van der Waals surface area contributed by atoms with Crippen LogP contribution in [0.5, 0.6) is 0 Å². The van der Waals surface area contributed by atoms with Crippen molar-refractivity contribution in [2.45, 2.75) is 45.8 Å². The molecule has 1 N–H and O–H groups in total. The second-order valence-electron chi connectivity index (χ2n) is 7.98. The third-order valence-electron chi connectivity index (χ3n) is 5.73. The fourth-order valence-corrected chi connectivity index (χ4v) is 4.15. The van der Waals surface area contributed by atoms with Crippen molar-refractivity contribution >= 4 is 28.5 Å². The fourth-order valence-electron chi connectivity index (χ4n) is 4.15. The van der Waals surface area contributed by atoms with Gasteiger partial charge in [-0.05, 0) is 37.6 Å². The van der Waals surface area contributed by atoms with Crippen molar-refractivity contribution in [1.29, 1.82) is 0 Å². The SMILES string of the molecule is CCCN1CCc2nc3ccccc3c(C(=O)OC(CC)C(=O)Nc3ccncc3)c2C1. The number of aromatic nitrogens is 2. The van der Waals surface area contributed by atoms with Gasteiger partial charge in [-0.1, -0.05) is 32.0 Å². The van der Waals surface area contributed by atoms with Gasteiger partial charge in [0.15, 0.2) is 6.10 Å². The zero-order valence-electron chi connectivity index (χ0n) is 18.5. The van der Waals surface area contributed by atoms with Crippen LogP contribution in [0.4, 0.5) is 5.69 Å². The Morgan fingerprint density at radius 2 is 1.94 bits per heavy atom. The van der Waals surface area contributed by atoms with E-state index in [9.17, 15) is 9.59 Å². The molecule has 1 unspecified atom stereocenters. The molecule has 0 radical (unpaired) electrons. The molecule has 0 aliphatic carbocycles. The minimum Gasteiger partial charge on any atom is -0.449 e. The fraction of sp³-hybridized carbons (Fsp3) is 0.360. The van der Waals surface area contributed by atoms with E-state index in [2.05, 4.69) is 22.1 Å². The summed E-state index contributed by atoms with van der Waals surface area (Å²) in [5.74, 6) is -0.832. The van der Waals surface area contributed by atoms with Crippen molar-refractivity contribution < 1.29 is 14.3 Å². The van der Waals surface area contributed by atoms with Crippen LogP contribution in [-0.4, -0.2) is 45.9 Å². The Bertz CT molecular complexity index is 1120. The van der Waals surface area contributed by atoms with Crippen LogP contribution in [0.15, 0.2) is 48.8 Å². The first-order valence-electron chi connectivity index (χ1n) is 11.1. The maximum absolute atomic E-state index is 13.5. The van der Waals surface area contributed by atoms with E-state index in [1.165, 1.54) is 0 Å². The van der Waals surface area contributed by atoms with Crippen LogP contribution in [0, 0.1) is 0 Å². The number of anilines is 1. The maximum Gasteiger partial charge on any atom is 0.340 e. The number of nitrogens with one attached hydrogen (secondary N) is 1. The predicted molar refractivity (Wildman–Crippen MR) is 123 cm³/mol. The Kier molecular flexibility index (Phi) is 6.75. The first-order chi connectivity index (χ1) is 15.6. The van der Waals surface area contributed by atoms with E-state index in [1.54, 1.807) is 24.5 Å². The number of ether oxygens (including phenoxy) is 1. The van der Waals surface area contributed by atoms with Gasteiger partial charge < -0.3 is 10.1 Å². The van der Waals surface area contributed by atoms with Crippen molar-refractivity contribution in [2.24, 2.45) is 0 Å². The van der Waals surface area contributed by atoms with Crippen LogP contribution in [0.1, 0.15) is 48.3 Å². The highest BCUT2D eigenvalue weighted by molar-refractivity contribution is 6.06. The first kappa shape index (κ1) is 21.9. The molecular formula is C25H28N4O3. The summed E-state index contributed by atoms with van der Waals surface area (Å²) in [7, 11) is 0. The van der Waals surface area contributed by atoms with E-state index in [-0.39, 0.29) is 5.91 Å².